The van der Waals surface area contributed by atoms with Crippen LogP contribution in [0.4, 0.5) is 0 Å². The van der Waals surface area contributed by atoms with E-state index in [1.54, 1.807) is 0 Å². The number of aliphatic hydroxyl groups excluding tert-OH is 2. The van der Waals surface area contributed by atoms with Crippen molar-refractivity contribution in [3.8, 4) is 0 Å². The van der Waals surface area contributed by atoms with E-state index in [-0.39, 0.29) is 19.6 Å². The van der Waals surface area contributed by atoms with Crippen LogP contribution in [0.1, 0.15) is 174 Å². The Labute approximate surface area is 312 Å². The molecule has 0 amide bonds. The summed E-state index contributed by atoms with van der Waals surface area (Å²) in [7, 11) is -4.52. The lowest BCUT2D eigenvalue weighted by Crippen LogP contribution is -2.29. The van der Waals surface area contributed by atoms with Gasteiger partial charge in [0.05, 0.1) is 26.4 Å². The van der Waals surface area contributed by atoms with Crippen molar-refractivity contribution in [3.63, 3.8) is 0 Å². The molecule has 0 saturated carbocycles. The topological polar surface area (TPSA) is 132 Å². The molecule has 0 heterocycles. The summed E-state index contributed by atoms with van der Waals surface area (Å²) in [6.45, 7) is 3.45. The molecule has 0 aliphatic rings. The van der Waals surface area contributed by atoms with Crippen molar-refractivity contribution in [1.29, 1.82) is 0 Å². The highest BCUT2D eigenvalue weighted by molar-refractivity contribution is 7.47. The molecule has 300 valence electrons. The fraction of sp³-hybridized carbons (Fsp3) is 0.829. The van der Waals surface area contributed by atoms with Gasteiger partial charge in [0.25, 0.3) is 0 Å². The van der Waals surface area contributed by atoms with Crippen LogP contribution in [0.3, 0.4) is 0 Å². The van der Waals surface area contributed by atoms with E-state index >= 15 is 0 Å². The van der Waals surface area contributed by atoms with Crippen LogP contribution in [0.2, 0.25) is 0 Å². The van der Waals surface area contributed by atoms with Crippen molar-refractivity contribution in [2.45, 2.75) is 187 Å². The van der Waals surface area contributed by atoms with Gasteiger partial charge in [-0.25, -0.2) is 4.57 Å². The molecule has 0 fully saturated rings. The summed E-state index contributed by atoms with van der Waals surface area (Å²) >= 11 is 0. The van der Waals surface area contributed by atoms with Crippen LogP contribution in [0.15, 0.2) is 36.5 Å². The molecule has 0 aliphatic carbocycles. The Hall–Kier alpha value is -1.32. The van der Waals surface area contributed by atoms with Crippen molar-refractivity contribution < 1.29 is 43.0 Å². The van der Waals surface area contributed by atoms with Gasteiger partial charge in [-0.1, -0.05) is 134 Å². The van der Waals surface area contributed by atoms with E-state index in [9.17, 15) is 19.4 Å². The highest BCUT2D eigenvalue weighted by Crippen LogP contribution is 2.43. The van der Waals surface area contributed by atoms with Gasteiger partial charge in [0, 0.05) is 13.0 Å². The van der Waals surface area contributed by atoms with E-state index in [4.69, 9.17) is 23.6 Å². The smallest absolute Gasteiger partial charge is 0.457 e. The first-order chi connectivity index (χ1) is 24.8. The van der Waals surface area contributed by atoms with Gasteiger partial charge in [0.2, 0.25) is 0 Å². The third-order valence-electron chi connectivity index (χ3n) is 8.55. The van der Waals surface area contributed by atoms with Crippen LogP contribution in [0.5, 0.6) is 0 Å². The SMILES string of the molecule is CCCCCC/C=C\C/C=C\CCCCCCCC(=O)OC(COCCCCCCCC/C=C\CCCCCC)COP(=O)(O)OCC(O)CO. The van der Waals surface area contributed by atoms with Gasteiger partial charge in [-0.15, -0.1) is 0 Å². The second-order valence-electron chi connectivity index (χ2n) is 13.6. The van der Waals surface area contributed by atoms with Crippen LogP contribution in [0.25, 0.3) is 0 Å². The number of carbonyl (C=O) groups excluding carboxylic acids is 1. The second kappa shape index (κ2) is 38.4. The van der Waals surface area contributed by atoms with Gasteiger partial charge < -0.3 is 24.6 Å². The number of unbranched alkanes of at least 4 members (excludes halogenated alkanes) is 19. The molecule has 3 unspecified atom stereocenters. The van der Waals surface area contributed by atoms with Crippen LogP contribution in [0, 0.1) is 0 Å². The fourth-order valence-electron chi connectivity index (χ4n) is 5.38. The Morgan fingerprint density at radius 1 is 0.608 bits per heavy atom. The molecule has 0 rings (SSSR count). The maximum atomic E-state index is 12.6. The molecule has 0 radical (unpaired) electrons. The number of allylic oxidation sites excluding steroid dienone is 6. The number of hydrogen-bond donors (Lipinski definition) is 3. The van der Waals surface area contributed by atoms with Crippen molar-refractivity contribution in [3.05, 3.63) is 36.5 Å². The summed E-state index contributed by atoms with van der Waals surface area (Å²) in [5.74, 6) is -0.399. The molecule has 0 spiro atoms. The normalized spacial score (nSPS) is 14.5. The Morgan fingerprint density at radius 2 is 1.06 bits per heavy atom. The maximum Gasteiger partial charge on any atom is 0.472 e. The average molecular weight is 745 g/mol. The number of ether oxygens (including phenoxy) is 2. The van der Waals surface area contributed by atoms with Crippen LogP contribution in [-0.4, -0.2) is 66.3 Å². The molecule has 10 heteroatoms. The van der Waals surface area contributed by atoms with Crippen LogP contribution < -0.4 is 0 Å². The summed E-state index contributed by atoms with van der Waals surface area (Å²) in [5, 5.41) is 18.3. The molecule has 0 aromatic heterocycles. The summed E-state index contributed by atoms with van der Waals surface area (Å²) in [4.78, 5) is 22.5. The first kappa shape index (κ1) is 49.7. The van der Waals surface area contributed by atoms with Gasteiger partial charge in [-0.2, -0.15) is 0 Å². The minimum Gasteiger partial charge on any atom is -0.457 e. The number of rotatable bonds is 39. The zero-order chi connectivity index (χ0) is 37.5. The Kier molecular flexibility index (Phi) is 37.4. The number of esters is 1. The highest BCUT2D eigenvalue weighted by atomic mass is 31.2. The Bertz CT molecular complexity index is 892. The Morgan fingerprint density at radius 3 is 1.59 bits per heavy atom. The van der Waals surface area contributed by atoms with E-state index in [1.807, 2.05) is 0 Å². The van der Waals surface area contributed by atoms with Crippen molar-refractivity contribution in [1.82, 2.24) is 0 Å². The Balaban J connectivity index is 4.24. The maximum absolute atomic E-state index is 12.6. The van der Waals surface area contributed by atoms with Gasteiger partial charge in [-0.3, -0.25) is 13.8 Å². The van der Waals surface area contributed by atoms with E-state index in [0.29, 0.717) is 13.0 Å². The van der Waals surface area contributed by atoms with E-state index in [1.165, 1.54) is 83.5 Å². The summed E-state index contributed by atoms with van der Waals surface area (Å²) in [6.07, 6.45) is 39.5. The minimum atomic E-state index is -4.52. The predicted molar refractivity (Wildman–Crippen MR) is 210 cm³/mol. The van der Waals surface area contributed by atoms with Crippen molar-refractivity contribution in [2.24, 2.45) is 0 Å². The van der Waals surface area contributed by atoms with Gasteiger partial charge >= 0.3 is 13.8 Å². The first-order valence-corrected chi connectivity index (χ1v) is 22.0. The monoisotopic (exact) mass is 745 g/mol. The van der Waals surface area contributed by atoms with Crippen molar-refractivity contribution in [2.75, 3.05) is 33.0 Å². The quantitative estimate of drug-likeness (QED) is 0.0243. The fourth-order valence-corrected chi connectivity index (χ4v) is 6.17. The lowest BCUT2D eigenvalue weighted by Gasteiger charge is -2.20. The molecule has 9 nitrogen and oxygen atoms in total. The van der Waals surface area contributed by atoms with E-state index in [2.05, 4.69) is 50.3 Å². The predicted octanol–water partition coefficient (Wildman–Crippen LogP) is 10.9. The van der Waals surface area contributed by atoms with Crippen LogP contribution >= 0.6 is 7.82 Å². The molecule has 0 saturated heterocycles. The molecule has 0 aromatic rings. The average Bonchev–Trinajstić information content (AvgIpc) is 3.12. The number of phosphoric ester groups is 1. The molecular weight excluding hydrogens is 667 g/mol. The number of aliphatic hydroxyl groups is 2. The zero-order valence-electron chi connectivity index (χ0n) is 32.6. The van der Waals surface area contributed by atoms with Gasteiger partial charge in [0.15, 0.2) is 0 Å². The molecule has 51 heavy (non-hydrogen) atoms. The molecule has 0 aromatic carbocycles. The minimum absolute atomic E-state index is 0.0397. The number of phosphoric acid groups is 1. The molecular formula is C41H77O9P. The van der Waals surface area contributed by atoms with Gasteiger partial charge in [0.1, 0.15) is 12.2 Å². The molecule has 0 bridgehead atoms. The van der Waals surface area contributed by atoms with E-state index in [0.717, 1.165) is 64.2 Å². The summed E-state index contributed by atoms with van der Waals surface area (Å²) in [5.41, 5.74) is 0. The first-order valence-electron chi connectivity index (χ1n) is 20.5. The lowest BCUT2D eigenvalue weighted by molar-refractivity contribution is -0.154. The lowest BCUT2D eigenvalue weighted by atomic mass is 10.1. The zero-order valence-corrected chi connectivity index (χ0v) is 33.5. The second-order valence-corrected chi connectivity index (χ2v) is 15.1. The molecule has 3 atom stereocenters. The third-order valence-corrected chi connectivity index (χ3v) is 9.50. The largest absolute Gasteiger partial charge is 0.472 e. The number of carbonyl (C=O) groups is 1. The molecule has 0 aliphatic heterocycles. The van der Waals surface area contributed by atoms with E-state index < -0.39 is 39.2 Å². The van der Waals surface area contributed by atoms with Crippen LogP contribution in [-0.2, 0) is 27.9 Å². The summed E-state index contributed by atoms with van der Waals surface area (Å²) < 4.78 is 33.3. The highest BCUT2D eigenvalue weighted by Gasteiger charge is 2.26. The molecule has 3 N–H and O–H groups in total. The number of hydrogen-bond acceptors (Lipinski definition) is 8. The van der Waals surface area contributed by atoms with Gasteiger partial charge in [-0.05, 0) is 70.6 Å². The van der Waals surface area contributed by atoms with Crippen molar-refractivity contribution >= 4 is 13.8 Å². The standard InChI is InChI=1S/C41H77O9P/c1-3-5-7-9-11-13-15-17-19-20-21-23-25-27-29-31-33-41(44)50-40(38-49-51(45,46)48-36-39(43)35-42)37-47-34-32-30-28-26-24-22-18-16-14-12-10-8-6-4-2/h13-16,19-20,39-40,42-43H,3-12,17-18,21-38H2,1-2H3,(H,45,46)/b15-13-,16-14-,20-19-. The third kappa shape index (κ3) is 38.2. The summed E-state index contributed by atoms with van der Waals surface area (Å²) in [6, 6.07) is 0.